The maximum absolute atomic E-state index is 15.0. The Balaban J connectivity index is 1.61. The third kappa shape index (κ3) is 5.61. The molecule has 0 saturated carbocycles. The Kier molecular flexibility index (Phi) is 7.05. The largest absolute Gasteiger partial charge is 0.497 e. The minimum atomic E-state index is -4.82. The van der Waals surface area contributed by atoms with Crippen LogP contribution in [0.4, 0.5) is 28.0 Å². The molecule has 1 saturated heterocycles. The molecule has 2 aromatic carbocycles. The predicted octanol–water partition coefficient (Wildman–Crippen LogP) is 4.09. The molecule has 1 aliphatic rings. The number of rotatable bonds is 5. The van der Waals surface area contributed by atoms with Crippen LogP contribution in [0.1, 0.15) is 11.5 Å². The lowest BCUT2D eigenvalue weighted by molar-refractivity contribution is -0.156. The zero-order chi connectivity index (χ0) is 25.2. The van der Waals surface area contributed by atoms with Gasteiger partial charge >= 0.3 is 18.1 Å². The number of carbonyl (C=O) groups is 1. The molecule has 0 spiro atoms. The summed E-state index contributed by atoms with van der Waals surface area (Å²) in [7, 11) is 0.518. The summed E-state index contributed by atoms with van der Waals surface area (Å²) >= 11 is 0. The average molecular weight is 512 g/mol. The number of anilines is 1. The number of nitrogens with zero attached hydrogens (tertiary/aromatic N) is 4. The number of urea groups is 1. The SMILES string of the molecule is COc1ccc(N(Cc2ccc(-c3nnc(C(F)(F)F)o3)cc2F)C(=O)N2CCS(=O)CC2)cc1. The molecule has 0 N–H and O–H groups in total. The van der Waals surface area contributed by atoms with Crippen LogP contribution < -0.4 is 9.64 Å². The zero-order valence-corrected chi connectivity index (χ0v) is 19.2. The number of halogens is 4. The Morgan fingerprint density at radius 1 is 1.14 bits per heavy atom. The summed E-state index contributed by atoms with van der Waals surface area (Å²) in [6.45, 7) is 0.449. The molecule has 186 valence electrons. The predicted molar refractivity (Wildman–Crippen MR) is 119 cm³/mol. The second-order valence-electron chi connectivity index (χ2n) is 7.62. The van der Waals surface area contributed by atoms with Crippen molar-refractivity contribution in [1.29, 1.82) is 0 Å². The Hall–Kier alpha value is -3.48. The summed E-state index contributed by atoms with van der Waals surface area (Å²) in [6, 6.07) is 9.91. The number of hydrogen-bond acceptors (Lipinski definition) is 6. The molecule has 3 aromatic rings. The number of methoxy groups -OCH3 is 1. The lowest BCUT2D eigenvalue weighted by atomic mass is 10.1. The van der Waals surface area contributed by atoms with E-state index in [1.807, 2.05) is 0 Å². The van der Waals surface area contributed by atoms with E-state index in [-0.39, 0.29) is 23.7 Å². The molecule has 1 aliphatic heterocycles. The topological polar surface area (TPSA) is 88.8 Å². The Morgan fingerprint density at radius 2 is 1.83 bits per heavy atom. The molecule has 8 nitrogen and oxygen atoms in total. The van der Waals surface area contributed by atoms with Crippen LogP contribution in [0.5, 0.6) is 5.75 Å². The van der Waals surface area contributed by atoms with Crippen molar-refractivity contribution in [3.05, 3.63) is 59.7 Å². The minimum absolute atomic E-state index is 0.0323. The first-order valence-electron chi connectivity index (χ1n) is 10.4. The van der Waals surface area contributed by atoms with Gasteiger partial charge in [-0.15, -0.1) is 10.2 Å². The van der Waals surface area contributed by atoms with Crippen LogP contribution >= 0.6 is 0 Å². The van der Waals surface area contributed by atoms with E-state index in [1.54, 1.807) is 29.2 Å². The summed E-state index contributed by atoms with van der Waals surface area (Å²) in [4.78, 5) is 16.2. The van der Waals surface area contributed by atoms with Crippen molar-refractivity contribution in [2.45, 2.75) is 12.7 Å². The molecule has 1 aromatic heterocycles. The first-order valence-corrected chi connectivity index (χ1v) is 11.9. The standard InChI is InChI=1S/C22H20F4N4O4S/c1-33-17-6-4-16(5-7-17)30(21(31)29-8-10-35(32)11-9-29)13-15-3-2-14(12-18(15)23)19-27-28-20(34-19)22(24,25)26/h2-7,12H,8-11,13H2,1H3. The number of ether oxygens (including phenoxy) is 1. The van der Waals surface area contributed by atoms with Gasteiger partial charge in [-0.05, 0) is 36.4 Å². The average Bonchev–Trinajstić information content (AvgIpc) is 3.35. The summed E-state index contributed by atoms with van der Waals surface area (Å²) in [6.07, 6.45) is -4.82. The molecule has 2 amide bonds. The van der Waals surface area contributed by atoms with Gasteiger partial charge in [-0.3, -0.25) is 9.11 Å². The van der Waals surface area contributed by atoms with E-state index in [1.165, 1.54) is 24.1 Å². The summed E-state index contributed by atoms with van der Waals surface area (Å²) in [5.41, 5.74) is 0.571. The van der Waals surface area contributed by atoms with Gasteiger partial charge in [0.25, 0.3) is 0 Å². The Bertz CT molecular complexity index is 1220. The monoisotopic (exact) mass is 512 g/mol. The van der Waals surface area contributed by atoms with E-state index in [2.05, 4.69) is 14.6 Å². The highest BCUT2D eigenvalue weighted by Crippen LogP contribution is 2.31. The number of benzene rings is 2. The molecule has 0 unspecified atom stereocenters. The number of carbonyl (C=O) groups excluding carboxylic acids is 1. The Morgan fingerprint density at radius 3 is 2.40 bits per heavy atom. The van der Waals surface area contributed by atoms with E-state index in [4.69, 9.17) is 4.74 Å². The van der Waals surface area contributed by atoms with E-state index in [9.17, 15) is 22.2 Å². The fourth-order valence-corrected chi connectivity index (χ4v) is 4.52. The second-order valence-corrected chi connectivity index (χ2v) is 9.31. The molecule has 13 heteroatoms. The van der Waals surface area contributed by atoms with Crippen molar-refractivity contribution in [3.63, 3.8) is 0 Å². The Labute approximate surface area is 199 Å². The number of amides is 2. The summed E-state index contributed by atoms with van der Waals surface area (Å²) in [5.74, 6) is -1.49. The molecule has 0 atom stereocenters. The van der Waals surface area contributed by atoms with Crippen LogP contribution in [0.3, 0.4) is 0 Å². The zero-order valence-electron chi connectivity index (χ0n) is 18.4. The smallest absolute Gasteiger partial charge is 0.470 e. The van der Waals surface area contributed by atoms with Crippen LogP contribution in [-0.2, 0) is 23.5 Å². The highest BCUT2D eigenvalue weighted by molar-refractivity contribution is 7.85. The highest BCUT2D eigenvalue weighted by atomic mass is 32.2. The van der Waals surface area contributed by atoms with Gasteiger partial charge < -0.3 is 14.1 Å². The van der Waals surface area contributed by atoms with Gasteiger partial charge in [-0.2, -0.15) is 13.2 Å². The van der Waals surface area contributed by atoms with Gasteiger partial charge in [0, 0.05) is 52.2 Å². The van der Waals surface area contributed by atoms with Gasteiger partial charge in [0.1, 0.15) is 11.6 Å². The van der Waals surface area contributed by atoms with Crippen molar-refractivity contribution in [2.24, 2.45) is 0 Å². The normalized spacial score (nSPS) is 14.7. The van der Waals surface area contributed by atoms with Crippen molar-refractivity contribution in [2.75, 3.05) is 36.6 Å². The quantitative estimate of drug-likeness (QED) is 0.479. The van der Waals surface area contributed by atoms with Gasteiger partial charge in [-0.1, -0.05) is 6.07 Å². The van der Waals surface area contributed by atoms with Crippen molar-refractivity contribution >= 4 is 22.5 Å². The lowest BCUT2D eigenvalue weighted by Crippen LogP contribution is -2.48. The maximum Gasteiger partial charge on any atom is 0.470 e. The van der Waals surface area contributed by atoms with E-state index in [0.717, 1.165) is 6.07 Å². The summed E-state index contributed by atoms with van der Waals surface area (Å²) < 4.78 is 74.6. The first-order chi connectivity index (χ1) is 16.7. The molecule has 0 bridgehead atoms. The molecule has 0 radical (unpaired) electrons. The van der Waals surface area contributed by atoms with Gasteiger partial charge in [0.2, 0.25) is 5.89 Å². The molecular formula is C22H20F4N4O4S. The molecule has 35 heavy (non-hydrogen) atoms. The van der Waals surface area contributed by atoms with Crippen LogP contribution in [0, 0.1) is 5.82 Å². The second kappa shape index (κ2) is 10.0. The third-order valence-electron chi connectivity index (χ3n) is 5.36. The van der Waals surface area contributed by atoms with E-state index < -0.39 is 34.6 Å². The van der Waals surface area contributed by atoms with E-state index in [0.29, 0.717) is 36.0 Å². The molecule has 1 fully saturated rings. The van der Waals surface area contributed by atoms with Crippen molar-refractivity contribution in [3.8, 4) is 17.2 Å². The van der Waals surface area contributed by atoms with Gasteiger partial charge in [0.05, 0.1) is 13.7 Å². The molecule has 4 rings (SSSR count). The molecular weight excluding hydrogens is 492 g/mol. The van der Waals surface area contributed by atoms with Crippen LogP contribution in [0.15, 0.2) is 46.9 Å². The number of alkyl halides is 3. The highest BCUT2D eigenvalue weighted by Gasteiger charge is 2.38. The minimum Gasteiger partial charge on any atom is -0.497 e. The third-order valence-corrected chi connectivity index (χ3v) is 6.64. The van der Waals surface area contributed by atoms with Crippen molar-refractivity contribution in [1.82, 2.24) is 15.1 Å². The fourth-order valence-electron chi connectivity index (χ4n) is 3.46. The lowest BCUT2D eigenvalue weighted by Gasteiger charge is -2.33. The maximum atomic E-state index is 15.0. The van der Waals surface area contributed by atoms with Crippen LogP contribution in [-0.4, -0.2) is 57.0 Å². The molecule has 2 heterocycles. The van der Waals surface area contributed by atoms with Crippen LogP contribution in [0.25, 0.3) is 11.5 Å². The first kappa shape index (κ1) is 24.6. The molecule has 0 aliphatic carbocycles. The fraction of sp³-hybridized carbons (Fsp3) is 0.318. The van der Waals surface area contributed by atoms with Crippen LogP contribution in [0.2, 0.25) is 0 Å². The van der Waals surface area contributed by atoms with Gasteiger partial charge in [-0.25, -0.2) is 9.18 Å². The van der Waals surface area contributed by atoms with Gasteiger partial charge in [0.15, 0.2) is 0 Å². The van der Waals surface area contributed by atoms with E-state index >= 15 is 4.39 Å². The number of hydrogen-bond donors (Lipinski definition) is 0. The number of aromatic nitrogens is 2. The van der Waals surface area contributed by atoms with Crippen molar-refractivity contribution < 1.29 is 35.7 Å². The summed E-state index contributed by atoms with van der Waals surface area (Å²) in [5, 5.41) is 6.28.